The molecule has 1 aliphatic rings. The lowest BCUT2D eigenvalue weighted by Gasteiger charge is -2.30. The molecule has 1 aliphatic heterocycles. The van der Waals surface area contributed by atoms with Gasteiger partial charge < -0.3 is 10.4 Å². The predicted molar refractivity (Wildman–Crippen MR) is 61.8 cm³/mol. The van der Waals surface area contributed by atoms with Gasteiger partial charge in [-0.05, 0) is 38.8 Å². The fraction of sp³-hybridized carbons (Fsp3) is 0.538. The van der Waals surface area contributed by atoms with Gasteiger partial charge in [0.2, 0.25) is 0 Å². The van der Waals surface area contributed by atoms with Crippen molar-refractivity contribution in [2.45, 2.75) is 38.3 Å². The lowest BCUT2D eigenvalue weighted by Crippen LogP contribution is -2.42. The highest BCUT2D eigenvalue weighted by Crippen LogP contribution is 2.29. The lowest BCUT2D eigenvalue weighted by molar-refractivity contribution is 0.0218. The van der Waals surface area contributed by atoms with Crippen molar-refractivity contribution in [1.82, 2.24) is 5.32 Å². The van der Waals surface area contributed by atoms with Crippen LogP contribution in [0.25, 0.3) is 0 Å². The molecule has 15 heavy (non-hydrogen) atoms. The molecule has 0 radical (unpaired) electrons. The van der Waals surface area contributed by atoms with Crippen LogP contribution in [0, 0.1) is 6.92 Å². The van der Waals surface area contributed by atoms with E-state index in [-0.39, 0.29) is 6.04 Å². The Balaban J connectivity index is 2.23. The molecule has 0 bridgehead atoms. The quantitative estimate of drug-likeness (QED) is 0.773. The number of aryl methyl sites for hydroxylation is 1. The van der Waals surface area contributed by atoms with Crippen LogP contribution in [-0.2, 0) is 5.60 Å². The first kappa shape index (κ1) is 10.7. The summed E-state index contributed by atoms with van der Waals surface area (Å²) in [5.74, 6) is 0. The molecular weight excluding hydrogens is 186 g/mol. The van der Waals surface area contributed by atoms with E-state index in [1.54, 1.807) is 0 Å². The van der Waals surface area contributed by atoms with E-state index in [9.17, 15) is 5.11 Å². The standard InChI is InChI=1S/C13H19NO/c1-10-5-7-11(8-6-10)13(2,15)12-4-3-9-14-12/h5-8,12,14-15H,3-4,9H2,1-2H3/t12-,13+/m0/s1. The third-order valence-electron chi connectivity index (χ3n) is 3.37. The van der Waals surface area contributed by atoms with Crippen LogP contribution in [0.1, 0.15) is 30.9 Å². The molecule has 2 rings (SSSR count). The summed E-state index contributed by atoms with van der Waals surface area (Å²) >= 11 is 0. The largest absolute Gasteiger partial charge is 0.384 e. The summed E-state index contributed by atoms with van der Waals surface area (Å²) in [5, 5.41) is 13.9. The average molecular weight is 205 g/mol. The monoisotopic (exact) mass is 205 g/mol. The van der Waals surface area contributed by atoms with Crippen molar-refractivity contribution in [3.8, 4) is 0 Å². The van der Waals surface area contributed by atoms with Gasteiger partial charge in [-0.1, -0.05) is 29.8 Å². The Hall–Kier alpha value is -0.860. The van der Waals surface area contributed by atoms with E-state index in [0.717, 1.165) is 24.9 Å². The maximum absolute atomic E-state index is 10.5. The molecule has 1 saturated heterocycles. The smallest absolute Gasteiger partial charge is 0.102 e. The number of hydrogen-bond acceptors (Lipinski definition) is 2. The molecule has 82 valence electrons. The number of nitrogens with one attached hydrogen (secondary N) is 1. The van der Waals surface area contributed by atoms with Gasteiger partial charge in [0.1, 0.15) is 5.60 Å². The zero-order valence-corrected chi connectivity index (χ0v) is 9.46. The van der Waals surface area contributed by atoms with Gasteiger partial charge in [-0.2, -0.15) is 0 Å². The summed E-state index contributed by atoms with van der Waals surface area (Å²) in [6.45, 7) is 4.99. The van der Waals surface area contributed by atoms with Gasteiger partial charge in [-0.3, -0.25) is 0 Å². The lowest BCUT2D eigenvalue weighted by atomic mass is 9.87. The summed E-state index contributed by atoms with van der Waals surface area (Å²) < 4.78 is 0. The van der Waals surface area contributed by atoms with Crippen LogP contribution in [0.2, 0.25) is 0 Å². The van der Waals surface area contributed by atoms with Gasteiger partial charge in [0.05, 0.1) is 0 Å². The van der Waals surface area contributed by atoms with Crippen molar-refractivity contribution in [2.75, 3.05) is 6.54 Å². The molecule has 0 unspecified atom stereocenters. The van der Waals surface area contributed by atoms with Gasteiger partial charge >= 0.3 is 0 Å². The molecule has 0 spiro atoms. The third kappa shape index (κ3) is 2.06. The van der Waals surface area contributed by atoms with E-state index in [4.69, 9.17) is 0 Å². The summed E-state index contributed by atoms with van der Waals surface area (Å²) in [6.07, 6.45) is 2.22. The zero-order valence-electron chi connectivity index (χ0n) is 9.46. The fourth-order valence-corrected chi connectivity index (χ4v) is 2.26. The highest BCUT2D eigenvalue weighted by atomic mass is 16.3. The van der Waals surface area contributed by atoms with Crippen LogP contribution >= 0.6 is 0 Å². The van der Waals surface area contributed by atoms with Gasteiger partial charge in [0, 0.05) is 6.04 Å². The van der Waals surface area contributed by atoms with Crippen molar-refractivity contribution in [3.05, 3.63) is 35.4 Å². The fourth-order valence-electron chi connectivity index (χ4n) is 2.26. The molecule has 0 amide bonds. The van der Waals surface area contributed by atoms with E-state index >= 15 is 0 Å². The normalized spacial score (nSPS) is 25.1. The van der Waals surface area contributed by atoms with Gasteiger partial charge in [0.15, 0.2) is 0 Å². The number of aliphatic hydroxyl groups is 1. The van der Waals surface area contributed by atoms with Gasteiger partial charge in [-0.15, -0.1) is 0 Å². The van der Waals surface area contributed by atoms with Crippen LogP contribution in [0.3, 0.4) is 0 Å². The zero-order chi connectivity index (χ0) is 10.9. The Bertz CT molecular complexity index is 323. The van der Waals surface area contributed by atoms with E-state index in [1.807, 2.05) is 19.1 Å². The van der Waals surface area contributed by atoms with Crippen molar-refractivity contribution in [3.63, 3.8) is 0 Å². The first-order chi connectivity index (χ1) is 7.10. The number of benzene rings is 1. The maximum atomic E-state index is 10.5. The molecule has 1 fully saturated rings. The Labute approximate surface area is 91.3 Å². The summed E-state index contributed by atoms with van der Waals surface area (Å²) in [7, 11) is 0. The Kier molecular flexibility index (Phi) is 2.81. The Morgan fingerprint density at radius 3 is 2.53 bits per heavy atom. The molecule has 2 N–H and O–H groups in total. The molecule has 0 saturated carbocycles. The van der Waals surface area contributed by atoms with E-state index in [2.05, 4.69) is 24.4 Å². The minimum absolute atomic E-state index is 0.195. The SMILES string of the molecule is Cc1ccc([C@@](C)(O)[C@@H]2CCCN2)cc1. The van der Waals surface area contributed by atoms with E-state index in [1.165, 1.54) is 5.56 Å². The predicted octanol–water partition coefficient (Wildman–Crippen LogP) is 1.95. The molecule has 2 atom stereocenters. The first-order valence-electron chi connectivity index (χ1n) is 5.63. The van der Waals surface area contributed by atoms with E-state index < -0.39 is 5.60 Å². The Morgan fingerprint density at radius 2 is 2.00 bits per heavy atom. The average Bonchev–Trinajstić information content (AvgIpc) is 2.71. The molecule has 2 nitrogen and oxygen atoms in total. The van der Waals surface area contributed by atoms with Crippen molar-refractivity contribution >= 4 is 0 Å². The Morgan fingerprint density at radius 1 is 1.33 bits per heavy atom. The molecule has 0 aliphatic carbocycles. The number of hydrogen-bond donors (Lipinski definition) is 2. The molecule has 1 aromatic rings. The molecule has 1 heterocycles. The van der Waals surface area contributed by atoms with Crippen LogP contribution in [0.4, 0.5) is 0 Å². The minimum Gasteiger partial charge on any atom is -0.384 e. The minimum atomic E-state index is -0.746. The van der Waals surface area contributed by atoms with Crippen LogP contribution in [0.5, 0.6) is 0 Å². The second-order valence-corrected chi connectivity index (χ2v) is 4.66. The van der Waals surface area contributed by atoms with Crippen molar-refractivity contribution in [2.24, 2.45) is 0 Å². The molecule has 0 aromatic heterocycles. The van der Waals surface area contributed by atoms with Gasteiger partial charge in [-0.25, -0.2) is 0 Å². The van der Waals surface area contributed by atoms with Crippen LogP contribution in [0.15, 0.2) is 24.3 Å². The highest BCUT2D eigenvalue weighted by Gasteiger charge is 2.35. The molecular formula is C13H19NO. The highest BCUT2D eigenvalue weighted by molar-refractivity contribution is 5.27. The van der Waals surface area contributed by atoms with Crippen molar-refractivity contribution in [1.29, 1.82) is 0 Å². The van der Waals surface area contributed by atoms with Gasteiger partial charge in [0.25, 0.3) is 0 Å². The second-order valence-electron chi connectivity index (χ2n) is 4.66. The molecule has 1 aromatic carbocycles. The maximum Gasteiger partial charge on any atom is 0.102 e. The first-order valence-corrected chi connectivity index (χ1v) is 5.63. The summed E-state index contributed by atoms with van der Waals surface area (Å²) in [5.41, 5.74) is 1.49. The second kappa shape index (κ2) is 3.95. The summed E-state index contributed by atoms with van der Waals surface area (Å²) in [4.78, 5) is 0. The molecule has 2 heteroatoms. The van der Waals surface area contributed by atoms with Crippen LogP contribution < -0.4 is 5.32 Å². The van der Waals surface area contributed by atoms with Crippen LogP contribution in [-0.4, -0.2) is 17.7 Å². The summed E-state index contributed by atoms with van der Waals surface area (Å²) in [6, 6.07) is 8.35. The third-order valence-corrected chi connectivity index (χ3v) is 3.37. The topological polar surface area (TPSA) is 32.3 Å². The van der Waals surface area contributed by atoms with E-state index in [0.29, 0.717) is 0 Å². The van der Waals surface area contributed by atoms with Crippen molar-refractivity contribution < 1.29 is 5.11 Å². The number of rotatable bonds is 2.